The fourth-order valence-electron chi connectivity index (χ4n) is 9.36. The molecule has 286 valence electrons. The van der Waals surface area contributed by atoms with Gasteiger partial charge in [0.15, 0.2) is 0 Å². The fourth-order valence-corrected chi connectivity index (χ4v) is 9.36. The number of hydrogen-bond acceptors (Lipinski definition) is 1. The smallest absolute Gasteiger partial charge is 0.263 e. The second-order valence-corrected chi connectivity index (χ2v) is 15.7. The molecule has 1 aromatic heterocycles. The van der Waals surface area contributed by atoms with Crippen LogP contribution in [-0.4, -0.2) is 4.57 Å². The second-order valence-electron chi connectivity index (χ2n) is 15.7. The Bertz CT molecular complexity index is 3630. The Morgan fingerprint density at radius 2 is 0.852 bits per heavy atom. The van der Waals surface area contributed by atoms with Crippen LogP contribution in [0.5, 0.6) is 0 Å². The Hall–Kier alpha value is -8.07. The summed E-state index contributed by atoms with van der Waals surface area (Å²) >= 11 is 0. The normalized spacial score (nSPS) is 11.5. The zero-order valence-corrected chi connectivity index (χ0v) is 33.5. The molecular formula is C59H39NO. The first-order valence-corrected chi connectivity index (χ1v) is 20.7. The molecule has 0 saturated heterocycles. The third-order valence-corrected chi connectivity index (χ3v) is 12.3. The van der Waals surface area contributed by atoms with Gasteiger partial charge < -0.3 is 0 Å². The van der Waals surface area contributed by atoms with Crippen LogP contribution in [0, 0.1) is 0 Å². The van der Waals surface area contributed by atoms with Gasteiger partial charge in [-0.05, 0) is 142 Å². The van der Waals surface area contributed by atoms with Crippen LogP contribution in [0.2, 0.25) is 0 Å². The average Bonchev–Trinajstić information content (AvgIpc) is 3.33. The zero-order valence-electron chi connectivity index (χ0n) is 33.5. The van der Waals surface area contributed by atoms with Gasteiger partial charge in [0, 0.05) is 16.5 Å². The molecule has 2 heteroatoms. The quantitative estimate of drug-likeness (QED) is 0.117. The summed E-state index contributed by atoms with van der Waals surface area (Å²) in [5.74, 6) is 0. The van der Waals surface area contributed by atoms with Crippen molar-refractivity contribution < 1.29 is 0 Å². The Morgan fingerprint density at radius 1 is 0.344 bits per heavy atom. The summed E-state index contributed by atoms with van der Waals surface area (Å²) in [6, 6.07) is 70.9. The molecule has 0 aliphatic carbocycles. The van der Waals surface area contributed by atoms with Crippen molar-refractivity contribution in [2.75, 3.05) is 0 Å². The van der Waals surface area contributed by atoms with Crippen LogP contribution < -0.4 is 5.56 Å². The predicted octanol–water partition coefficient (Wildman–Crippen LogP) is 15.6. The van der Waals surface area contributed by atoms with Crippen molar-refractivity contribution in [3.8, 4) is 50.2 Å². The number of hydrogen-bond donors (Lipinski definition) is 0. The van der Waals surface area contributed by atoms with Gasteiger partial charge in [-0.25, -0.2) is 0 Å². The second kappa shape index (κ2) is 14.6. The number of nitrogens with zero attached hydrogens (tertiary/aromatic N) is 1. The first-order valence-electron chi connectivity index (χ1n) is 20.7. The number of aromatic nitrogens is 1. The van der Waals surface area contributed by atoms with Gasteiger partial charge in [0.25, 0.3) is 5.56 Å². The molecule has 0 unspecified atom stereocenters. The van der Waals surface area contributed by atoms with E-state index in [1.54, 1.807) is 0 Å². The molecule has 0 amide bonds. The van der Waals surface area contributed by atoms with E-state index in [1.807, 2.05) is 59.2 Å². The van der Waals surface area contributed by atoms with E-state index >= 15 is 0 Å². The third kappa shape index (κ3) is 6.00. The summed E-state index contributed by atoms with van der Waals surface area (Å²) < 4.78 is 1.86. The molecule has 61 heavy (non-hydrogen) atoms. The molecule has 11 rings (SSSR count). The van der Waals surface area contributed by atoms with E-state index < -0.39 is 0 Å². The Labute approximate surface area is 354 Å². The Morgan fingerprint density at radius 3 is 1.54 bits per heavy atom. The molecule has 0 radical (unpaired) electrons. The Balaban J connectivity index is 1.19. The summed E-state index contributed by atoms with van der Waals surface area (Å²) in [5, 5.41) is 9.81. The molecule has 0 N–H and O–H groups in total. The minimum Gasteiger partial charge on any atom is -0.276 e. The molecule has 0 fully saturated rings. The van der Waals surface area contributed by atoms with Crippen LogP contribution in [0.3, 0.4) is 0 Å². The summed E-state index contributed by atoms with van der Waals surface area (Å²) in [5.41, 5.74) is 12.9. The van der Waals surface area contributed by atoms with Crippen LogP contribution in [0.25, 0.3) is 116 Å². The highest BCUT2D eigenvalue weighted by atomic mass is 16.1. The largest absolute Gasteiger partial charge is 0.276 e. The molecule has 1 heterocycles. The maximum absolute atomic E-state index is 14.3. The molecule has 0 spiro atoms. The van der Waals surface area contributed by atoms with Crippen molar-refractivity contribution in [1.29, 1.82) is 0 Å². The van der Waals surface area contributed by atoms with Crippen molar-refractivity contribution in [2.24, 2.45) is 0 Å². The molecule has 0 aliphatic rings. The van der Waals surface area contributed by atoms with Crippen LogP contribution >= 0.6 is 0 Å². The average molecular weight is 778 g/mol. The lowest BCUT2D eigenvalue weighted by Crippen LogP contribution is -2.19. The molecule has 0 saturated carbocycles. The van der Waals surface area contributed by atoms with Crippen LogP contribution in [0.15, 0.2) is 218 Å². The van der Waals surface area contributed by atoms with Crippen LogP contribution in [-0.2, 0) is 0 Å². The number of pyridine rings is 1. The number of para-hydroxylation sites is 1. The lowest BCUT2D eigenvalue weighted by molar-refractivity contribution is 1.06. The summed E-state index contributed by atoms with van der Waals surface area (Å²) in [6.07, 6.45) is 3.77. The standard InChI is InChI=1S/C59H39NO/c1-3-38-22-24-44(34-39(38)4-2)46-28-32-51-55(36-46)58(42-26-30-48(31-27-42)60-56-21-13-12-19-50(56)49-18-10-11-20-53(49)59(60)61)52-33-29-47(37-54(52)57(51)41-15-6-5-7-16-41)45-25-23-40-14-8-9-17-43(40)35-45/h3-37H,1-2H2. The van der Waals surface area contributed by atoms with Crippen LogP contribution in [0.1, 0.15) is 11.1 Å². The third-order valence-electron chi connectivity index (χ3n) is 12.3. The molecular weight excluding hydrogens is 739 g/mol. The summed E-state index contributed by atoms with van der Waals surface area (Å²) in [7, 11) is 0. The molecule has 10 aromatic carbocycles. The van der Waals surface area contributed by atoms with E-state index in [0.717, 1.165) is 77.3 Å². The van der Waals surface area contributed by atoms with Gasteiger partial charge in [-0.2, -0.15) is 0 Å². The maximum Gasteiger partial charge on any atom is 0.263 e. The lowest BCUT2D eigenvalue weighted by atomic mass is 9.83. The summed E-state index contributed by atoms with van der Waals surface area (Å²) in [4.78, 5) is 14.3. The minimum absolute atomic E-state index is 0.0302. The van der Waals surface area contributed by atoms with E-state index in [2.05, 4.69) is 171 Å². The molecule has 2 nitrogen and oxygen atoms in total. The minimum atomic E-state index is -0.0302. The van der Waals surface area contributed by atoms with Crippen molar-refractivity contribution >= 4 is 66.1 Å². The zero-order chi connectivity index (χ0) is 41.0. The highest BCUT2D eigenvalue weighted by Crippen LogP contribution is 2.46. The van der Waals surface area contributed by atoms with E-state index in [9.17, 15) is 4.79 Å². The van der Waals surface area contributed by atoms with E-state index in [1.165, 1.54) is 32.7 Å². The first kappa shape index (κ1) is 36.0. The molecule has 0 bridgehead atoms. The number of rotatable bonds is 7. The number of fused-ring (bicyclic) bond motifs is 6. The van der Waals surface area contributed by atoms with Crippen molar-refractivity contribution in [1.82, 2.24) is 4.57 Å². The molecule has 0 atom stereocenters. The van der Waals surface area contributed by atoms with E-state index in [-0.39, 0.29) is 5.56 Å². The highest BCUT2D eigenvalue weighted by molar-refractivity contribution is 6.22. The number of benzene rings is 10. The lowest BCUT2D eigenvalue weighted by Gasteiger charge is -2.20. The topological polar surface area (TPSA) is 22.0 Å². The molecule has 0 aliphatic heterocycles. The highest BCUT2D eigenvalue weighted by Gasteiger charge is 2.20. The van der Waals surface area contributed by atoms with Crippen molar-refractivity contribution in [3.05, 3.63) is 235 Å². The van der Waals surface area contributed by atoms with Crippen molar-refractivity contribution in [2.45, 2.75) is 0 Å². The van der Waals surface area contributed by atoms with Gasteiger partial charge in [-0.1, -0.05) is 177 Å². The monoisotopic (exact) mass is 777 g/mol. The van der Waals surface area contributed by atoms with Gasteiger partial charge in [-0.3, -0.25) is 9.36 Å². The predicted molar refractivity (Wildman–Crippen MR) is 261 cm³/mol. The van der Waals surface area contributed by atoms with Gasteiger partial charge in [-0.15, -0.1) is 0 Å². The molecule has 11 aromatic rings. The Kier molecular flexibility index (Phi) is 8.65. The van der Waals surface area contributed by atoms with Gasteiger partial charge >= 0.3 is 0 Å². The summed E-state index contributed by atoms with van der Waals surface area (Å²) in [6.45, 7) is 8.12. The van der Waals surface area contributed by atoms with Crippen LogP contribution in [0.4, 0.5) is 0 Å². The fraction of sp³-hybridized carbons (Fsp3) is 0. The maximum atomic E-state index is 14.3. The SMILES string of the molecule is C=Cc1ccc(-c2ccc3c(-c4ccccc4)c4cc(-c5ccc6ccccc6c5)ccc4c(-c4ccc(-n5c(=O)c6ccccc6c6ccccc65)cc4)c3c2)cc1C=C. The first-order chi connectivity index (χ1) is 30.1. The van der Waals surface area contributed by atoms with E-state index in [0.29, 0.717) is 5.39 Å². The van der Waals surface area contributed by atoms with Gasteiger partial charge in [0.1, 0.15) is 0 Å². The van der Waals surface area contributed by atoms with E-state index in [4.69, 9.17) is 0 Å². The van der Waals surface area contributed by atoms with Gasteiger partial charge in [0.2, 0.25) is 0 Å². The van der Waals surface area contributed by atoms with Crippen molar-refractivity contribution in [3.63, 3.8) is 0 Å². The van der Waals surface area contributed by atoms with Gasteiger partial charge in [0.05, 0.1) is 5.52 Å².